The van der Waals surface area contributed by atoms with Gasteiger partial charge in [0.25, 0.3) is 0 Å². The van der Waals surface area contributed by atoms with Gasteiger partial charge in [0.2, 0.25) is 0 Å². The van der Waals surface area contributed by atoms with Crippen molar-refractivity contribution in [2.75, 3.05) is 0 Å². The summed E-state index contributed by atoms with van der Waals surface area (Å²) in [5, 5.41) is 0. The molecule has 0 aliphatic heterocycles. The fourth-order valence-electron chi connectivity index (χ4n) is 1.30. The van der Waals surface area contributed by atoms with E-state index in [0.717, 1.165) is 16.3 Å². The van der Waals surface area contributed by atoms with Crippen molar-refractivity contribution in [3.63, 3.8) is 0 Å². The highest BCUT2D eigenvalue weighted by atomic mass is 35.5. The summed E-state index contributed by atoms with van der Waals surface area (Å²) in [5.41, 5.74) is 6.97. The molecule has 78 valence electrons. The van der Waals surface area contributed by atoms with Crippen molar-refractivity contribution < 1.29 is 0 Å². The number of hydrogen-bond donors (Lipinski definition) is 1. The summed E-state index contributed by atoms with van der Waals surface area (Å²) < 4.78 is 0.793. The van der Waals surface area contributed by atoms with E-state index < -0.39 is 0 Å². The first kappa shape index (κ1) is 10.5. The quantitative estimate of drug-likeness (QED) is 0.895. The highest BCUT2D eigenvalue weighted by Gasteiger charge is 2.08. The molecule has 3 nitrogen and oxygen atoms in total. The zero-order chi connectivity index (χ0) is 10.7. The lowest BCUT2D eigenvalue weighted by atomic mass is 10.1. The van der Waals surface area contributed by atoms with Crippen LogP contribution in [0.4, 0.5) is 0 Å². The second-order valence-electron chi connectivity index (χ2n) is 3.19. The van der Waals surface area contributed by atoms with Gasteiger partial charge in [-0.25, -0.2) is 9.97 Å². The number of nitrogens with two attached hydrogens (primary N) is 1. The number of halogens is 1. The van der Waals surface area contributed by atoms with Crippen molar-refractivity contribution in [3.05, 3.63) is 45.6 Å². The lowest BCUT2D eigenvalue weighted by molar-refractivity contribution is 0.720. The Morgan fingerprint density at radius 1 is 1.33 bits per heavy atom. The summed E-state index contributed by atoms with van der Waals surface area (Å²) in [6.07, 6.45) is 5.75. The van der Waals surface area contributed by atoms with Crippen molar-refractivity contribution in [2.24, 2.45) is 5.73 Å². The maximum absolute atomic E-state index is 6.02. The SMILES string of the molecule is NC(Cc1ccc(Cl)s1)c1cncnc1. The summed E-state index contributed by atoms with van der Waals surface area (Å²) in [4.78, 5) is 9.05. The molecule has 5 heteroatoms. The van der Waals surface area contributed by atoms with Crippen LogP contribution in [0.5, 0.6) is 0 Å². The van der Waals surface area contributed by atoms with Crippen LogP contribution in [-0.2, 0) is 6.42 Å². The molecule has 1 unspecified atom stereocenters. The Labute approximate surface area is 96.9 Å². The van der Waals surface area contributed by atoms with Gasteiger partial charge in [0.15, 0.2) is 0 Å². The predicted molar refractivity (Wildman–Crippen MR) is 62.0 cm³/mol. The van der Waals surface area contributed by atoms with Crippen LogP contribution < -0.4 is 5.73 Å². The first-order chi connectivity index (χ1) is 7.25. The van der Waals surface area contributed by atoms with E-state index in [9.17, 15) is 0 Å². The second-order valence-corrected chi connectivity index (χ2v) is 4.99. The van der Waals surface area contributed by atoms with Gasteiger partial charge in [-0.2, -0.15) is 0 Å². The van der Waals surface area contributed by atoms with Crippen molar-refractivity contribution in [1.29, 1.82) is 0 Å². The third-order valence-electron chi connectivity index (χ3n) is 2.06. The zero-order valence-corrected chi connectivity index (χ0v) is 9.50. The highest BCUT2D eigenvalue weighted by molar-refractivity contribution is 7.16. The van der Waals surface area contributed by atoms with Crippen LogP contribution >= 0.6 is 22.9 Å². The molecule has 0 spiro atoms. The number of hydrogen-bond acceptors (Lipinski definition) is 4. The number of aromatic nitrogens is 2. The van der Waals surface area contributed by atoms with Gasteiger partial charge >= 0.3 is 0 Å². The fourth-order valence-corrected chi connectivity index (χ4v) is 2.44. The van der Waals surface area contributed by atoms with Crippen LogP contribution in [-0.4, -0.2) is 9.97 Å². The van der Waals surface area contributed by atoms with Crippen LogP contribution in [0, 0.1) is 0 Å². The van der Waals surface area contributed by atoms with Gasteiger partial charge in [0, 0.05) is 35.3 Å². The van der Waals surface area contributed by atoms with Gasteiger partial charge in [-0.15, -0.1) is 11.3 Å². The summed E-state index contributed by atoms with van der Waals surface area (Å²) in [6, 6.07) is 3.81. The highest BCUT2D eigenvalue weighted by Crippen LogP contribution is 2.25. The standard InChI is InChI=1S/C10H10ClN3S/c11-10-2-1-8(15-10)3-9(12)7-4-13-6-14-5-7/h1-2,4-6,9H,3,12H2. The maximum Gasteiger partial charge on any atom is 0.115 e. The molecule has 0 radical (unpaired) electrons. The van der Waals surface area contributed by atoms with E-state index in [1.807, 2.05) is 12.1 Å². The normalized spacial score (nSPS) is 12.7. The van der Waals surface area contributed by atoms with Crippen LogP contribution in [0.3, 0.4) is 0 Å². The molecule has 2 heterocycles. The van der Waals surface area contributed by atoms with Crippen molar-refractivity contribution >= 4 is 22.9 Å². The van der Waals surface area contributed by atoms with E-state index in [0.29, 0.717) is 0 Å². The molecule has 0 saturated carbocycles. The lowest BCUT2D eigenvalue weighted by Crippen LogP contribution is -2.13. The Kier molecular flexibility index (Phi) is 3.30. The summed E-state index contributed by atoms with van der Waals surface area (Å²) in [6.45, 7) is 0. The fraction of sp³-hybridized carbons (Fsp3) is 0.200. The van der Waals surface area contributed by atoms with E-state index in [1.54, 1.807) is 23.7 Å². The maximum atomic E-state index is 6.02. The summed E-state index contributed by atoms with van der Waals surface area (Å²) in [5.74, 6) is 0. The minimum absolute atomic E-state index is 0.0686. The van der Waals surface area contributed by atoms with Gasteiger partial charge in [0.05, 0.1) is 4.34 Å². The van der Waals surface area contributed by atoms with Crippen LogP contribution in [0.1, 0.15) is 16.5 Å². The zero-order valence-electron chi connectivity index (χ0n) is 7.93. The number of nitrogens with zero attached hydrogens (tertiary/aromatic N) is 2. The topological polar surface area (TPSA) is 51.8 Å². The molecule has 1 atom stereocenters. The second kappa shape index (κ2) is 4.70. The Hall–Kier alpha value is -0.970. The van der Waals surface area contributed by atoms with E-state index in [-0.39, 0.29) is 6.04 Å². The predicted octanol–water partition coefficient (Wildman–Crippen LogP) is 2.43. The largest absolute Gasteiger partial charge is 0.324 e. The Morgan fingerprint density at radius 2 is 2.07 bits per heavy atom. The molecule has 0 aromatic carbocycles. The van der Waals surface area contributed by atoms with Crippen molar-refractivity contribution in [2.45, 2.75) is 12.5 Å². The molecular formula is C10H10ClN3S. The third kappa shape index (κ3) is 2.75. The lowest BCUT2D eigenvalue weighted by Gasteiger charge is -2.08. The van der Waals surface area contributed by atoms with Crippen molar-refractivity contribution in [3.8, 4) is 0 Å². The molecule has 0 saturated heterocycles. The smallest absolute Gasteiger partial charge is 0.115 e. The molecule has 15 heavy (non-hydrogen) atoms. The number of thiophene rings is 1. The molecular weight excluding hydrogens is 230 g/mol. The molecule has 2 aromatic heterocycles. The molecule has 0 aliphatic rings. The Bertz CT molecular complexity index is 429. The monoisotopic (exact) mass is 239 g/mol. The first-order valence-electron chi connectivity index (χ1n) is 4.50. The van der Waals surface area contributed by atoms with Crippen LogP contribution in [0.25, 0.3) is 0 Å². The minimum atomic E-state index is -0.0686. The van der Waals surface area contributed by atoms with Gasteiger partial charge < -0.3 is 5.73 Å². The van der Waals surface area contributed by atoms with E-state index in [4.69, 9.17) is 17.3 Å². The van der Waals surface area contributed by atoms with Crippen molar-refractivity contribution in [1.82, 2.24) is 9.97 Å². The number of rotatable bonds is 3. The van der Waals surface area contributed by atoms with Crippen LogP contribution in [0.2, 0.25) is 4.34 Å². The van der Waals surface area contributed by atoms with E-state index in [1.165, 1.54) is 11.2 Å². The first-order valence-corrected chi connectivity index (χ1v) is 5.70. The average molecular weight is 240 g/mol. The van der Waals surface area contributed by atoms with Gasteiger partial charge in [0.1, 0.15) is 6.33 Å². The molecule has 0 bridgehead atoms. The molecule has 2 rings (SSSR count). The molecule has 2 N–H and O–H groups in total. The summed E-state index contributed by atoms with van der Waals surface area (Å²) in [7, 11) is 0. The van der Waals surface area contributed by atoms with Gasteiger partial charge in [-0.05, 0) is 12.1 Å². The summed E-state index contributed by atoms with van der Waals surface area (Å²) >= 11 is 7.40. The third-order valence-corrected chi connectivity index (χ3v) is 3.31. The van der Waals surface area contributed by atoms with Crippen LogP contribution in [0.15, 0.2) is 30.9 Å². The Morgan fingerprint density at radius 3 is 2.67 bits per heavy atom. The Balaban J connectivity index is 2.07. The molecule has 2 aromatic rings. The minimum Gasteiger partial charge on any atom is -0.324 e. The van der Waals surface area contributed by atoms with Gasteiger partial charge in [-0.3, -0.25) is 0 Å². The molecule has 0 aliphatic carbocycles. The van der Waals surface area contributed by atoms with E-state index >= 15 is 0 Å². The molecule has 0 fully saturated rings. The molecule has 0 amide bonds. The van der Waals surface area contributed by atoms with Gasteiger partial charge in [-0.1, -0.05) is 11.6 Å². The van der Waals surface area contributed by atoms with E-state index in [2.05, 4.69) is 9.97 Å². The average Bonchev–Trinajstić information content (AvgIpc) is 2.65.